The van der Waals surface area contributed by atoms with Crippen molar-refractivity contribution in [1.29, 1.82) is 0 Å². The molecule has 0 aliphatic rings. The molecule has 5 nitrogen and oxygen atoms in total. The summed E-state index contributed by atoms with van der Waals surface area (Å²) in [4.78, 5) is 2.02. The molecule has 0 aromatic heterocycles. The number of terminal acetylenes is 1. The van der Waals surface area contributed by atoms with Crippen molar-refractivity contribution in [3.05, 3.63) is 0 Å². The molecule has 0 amide bonds. The van der Waals surface area contributed by atoms with Crippen molar-refractivity contribution >= 4 is 7.75 Å². The third kappa shape index (κ3) is 19.0. The Morgan fingerprint density at radius 2 is 1.36 bits per heavy atom. The van der Waals surface area contributed by atoms with Crippen molar-refractivity contribution in [2.45, 2.75) is 90.4 Å². The summed E-state index contributed by atoms with van der Waals surface area (Å²) in [6.07, 6.45) is 21.2. The highest BCUT2D eigenvalue weighted by Crippen LogP contribution is 2.43. The minimum atomic E-state index is -3.26. The van der Waals surface area contributed by atoms with E-state index in [2.05, 4.69) is 17.9 Å². The first-order valence-electron chi connectivity index (χ1n) is 11.3. The smallest absolute Gasteiger partial charge is 0.308 e. The normalized spacial score (nSPS) is 13.5. The monoisotopic (exact) mass is 416 g/mol. The van der Waals surface area contributed by atoms with Crippen molar-refractivity contribution < 1.29 is 13.6 Å². The minimum Gasteiger partial charge on any atom is -0.308 e. The highest BCUT2D eigenvalue weighted by atomic mass is 31.2. The van der Waals surface area contributed by atoms with E-state index in [4.69, 9.17) is 15.5 Å². The Balaban J connectivity index is 3.72. The molecule has 0 bridgehead atoms. The van der Waals surface area contributed by atoms with Crippen LogP contribution in [-0.2, 0) is 13.6 Å². The third-order valence-corrected chi connectivity index (χ3v) is 6.29. The Morgan fingerprint density at radius 3 is 1.86 bits per heavy atom. The average molecular weight is 417 g/mol. The molecule has 1 unspecified atom stereocenters. The van der Waals surface area contributed by atoms with E-state index in [1.165, 1.54) is 64.2 Å². The van der Waals surface area contributed by atoms with E-state index in [1.807, 2.05) is 19.0 Å². The molecule has 166 valence electrons. The van der Waals surface area contributed by atoms with E-state index in [0.717, 1.165) is 19.4 Å². The summed E-state index contributed by atoms with van der Waals surface area (Å²) in [5, 5.41) is 2.93. The number of likely N-dealkylation sites (N-methyl/N-ethyl adjacent to an activating group) is 1. The highest BCUT2D eigenvalue weighted by Gasteiger charge is 2.23. The standard InChI is InChI=1S/C22H45N2O3P/c1-5-7-9-10-11-12-13-14-15-16-17-18-22-27-28(25,26-21-8-6-2)23-19-20-24(3)4/h2H,5,7-22H2,1,3-4H3,(H,23,25). The Labute approximate surface area is 174 Å². The Kier molecular flexibility index (Phi) is 19.7. The molecule has 6 heteroatoms. The zero-order valence-electron chi connectivity index (χ0n) is 18.7. The first-order chi connectivity index (χ1) is 13.5. The maximum absolute atomic E-state index is 12.7. The predicted octanol–water partition coefficient (Wildman–Crippen LogP) is 6.00. The van der Waals surface area contributed by atoms with Crippen molar-refractivity contribution in [2.75, 3.05) is 40.4 Å². The van der Waals surface area contributed by atoms with Gasteiger partial charge in [-0.3, -0.25) is 9.05 Å². The van der Waals surface area contributed by atoms with Crippen LogP contribution in [0.15, 0.2) is 0 Å². The number of unbranched alkanes of at least 4 members (excludes halogenated alkanes) is 11. The first-order valence-corrected chi connectivity index (χ1v) is 12.8. The van der Waals surface area contributed by atoms with Gasteiger partial charge in [0.15, 0.2) is 0 Å². The van der Waals surface area contributed by atoms with Crippen LogP contribution in [0.25, 0.3) is 0 Å². The van der Waals surface area contributed by atoms with Crippen LogP contribution in [0, 0.1) is 12.3 Å². The zero-order valence-corrected chi connectivity index (χ0v) is 19.6. The molecule has 1 atom stereocenters. The summed E-state index contributed by atoms with van der Waals surface area (Å²) < 4.78 is 23.7. The maximum Gasteiger partial charge on any atom is 0.405 e. The van der Waals surface area contributed by atoms with Crippen LogP contribution in [0.3, 0.4) is 0 Å². The van der Waals surface area contributed by atoms with Gasteiger partial charge in [0.1, 0.15) is 0 Å². The second-order valence-electron chi connectivity index (χ2n) is 7.72. The highest BCUT2D eigenvalue weighted by molar-refractivity contribution is 7.51. The van der Waals surface area contributed by atoms with Gasteiger partial charge in [-0.2, -0.15) is 0 Å². The van der Waals surface area contributed by atoms with E-state index in [1.54, 1.807) is 0 Å². The number of nitrogens with zero attached hydrogens (tertiary/aromatic N) is 1. The van der Waals surface area contributed by atoms with Gasteiger partial charge >= 0.3 is 7.75 Å². The second kappa shape index (κ2) is 19.9. The van der Waals surface area contributed by atoms with Gasteiger partial charge in [-0.15, -0.1) is 12.3 Å². The molecule has 0 aromatic rings. The predicted molar refractivity (Wildman–Crippen MR) is 121 cm³/mol. The SMILES string of the molecule is C#CCCOP(=O)(NCCN(C)C)OCCCCCCCCCCCCCC. The third-order valence-electron chi connectivity index (χ3n) is 4.63. The topological polar surface area (TPSA) is 50.8 Å². The van der Waals surface area contributed by atoms with Crippen LogP contribution in [0.4, 0.5) is 0 Å². The lowest BCUT2D eigenvalue weighted by Gasteiger charge is -2.20. The number of hydrogen-bond acceptors (Lipinski definition) is 4. The number of hydrogen-bond donors (Lipinski definition) is 1. The summed E-state index contributed by atoms with van der Waals surface area (Å²) in [5.74, 6) is 2.49. The molecule has 0 saturated heterocycles. The zero-order chi connectivity index (χ0) is 20.9. The molecule has 0 saturated carbocycles. The summed E-state index contributed by atoms with van der Waals surface area (Å²) in [5.41, 5.74) is 0. The molecule has 28 heavy (non-hydrogen) atoms. The van der Waals surface area contributed by atoms with E-state index >= 15 is 0 Å². The number of rotatable bonds is 21. The van der Waals surface area contributed by atoms with Gasteiger partial charge in [-0.1, -0.05) is 77.6 Å². The fourth-order valence-corrected chi connectivity index (χ4v) is 4.22. The maximum atomic E-state index is 12.7. The van der Waals surface area contributed by atoms with E-state index < -0.39 is 7.75 Å². The Bertz CT molecular complexity index is 424. The minimum absolute atomic E-state index is 0.251. The summed E-state index contributed by atoms with van der Waals surface area (Å²) in [6, 6.07) is 0. The van der Waals surface area contributed by atoms with Gasteiger partial charge in [-0.05, 0) is 20.5 Å². The van der Waals surface area contributed by atoms with E-state index in [0.29, 0.717) is 19.6 Å². The fraction of sp³-hybridized carbons (Fsp3) is 0.909. The van der Waals surface area contributed by atoms with Crippen LogP contribution in [0.1, 0.15) is 90.4 Å². The van der Waals surface area contributed by atoms with Crippen molar-refractivity contribution in [1.82, 2.24) is 9.99 Å². The molecule has 0 heterocycles. The van der Waals surface area contributed by atoms with Crippen molar-refractivity contribution in [2.24, 2.45) is 0 Å². The van der Waals surface area contributed by atoms with Gasteiger partial charge in [-0.25, -0.2) is 9.65 Å². The summed E-state index contributed by atoms with van der Waals surface area (Å²) >= 11 is 0. The van der Waals surface area contributed by atoms with Gasteiger partial charge in [0, 0.05) is 19.5 Å². The fourth-order valence-electron chi connectivity index (χ4n) is 2.89. The molecule has 0 rings (SSSR count). The lowest BCUT2D eigenvalue weighted by molar-refractivity contribution is 0.194. The molecule has 0 aliphatic heterocycles. The van der Waals surface area contributed by atoms with Gasteiger partial charge in [0.2, 0.25) is 0 Å². The lowest BCUT2D eigenvalue weighted by Crippen LogP contribution is -2.26. The Morgan fingerprint density at radius 1 is 0.857 bits per heavy atom. The molecule has 0 spiro atoms. The molecular formula is C22H45N2O3P. The van der Waals surface area contributed by atoms with Crippen LogP contribution >= 0.6 is 7.75 Å². The first kappa shape index (κ1) is 27.6. The molecule has 1 N–H and O–H groups in total. The lowest BCUT2D eigenvalue weighted by atomic mass is 10.1. The van der Waals surface area contributed by atoms with E-state index in [-0.39, 0.29) is 6.61 Å². The molecule has 0 aliphatic carbocycles. The van der Waals surface area contributed by atoms with Crippen LogP contribution in [0.5, 0.6) is 0 Å². The Hall–Kier alpha value is -0.370. The van der Waals surface area contributed by atoms with E-state index in [9.17, 15) is 4.57 Å². The van der Waals surface area contributed by atoms with Crippen LogP contribution in [0.2, 0.25) is 0 Å². The van der Waals surface area contributed by atoms with Crippen LogP contribution < -0.4 is 5.09 Å². The molecular weight excluding hydrogens is 371 g/mol. The second-order valence-corrected chi connectivity index (χ2v) is 9.55. The molecule has 0 fully saturated rings. The summed E-state index contributed by atoms with van der Waals surface area (Å²) in [6.45, 7) is 4.29. The van der Waals surface area contributed by atoms with Gasteiger partial charge < -0.3 is 4.90 Å². The van der Waals surface area contributed by atoms with Crippen molar-refractivity contribution in [3.8, 4) is 12.3 Å². The van der Waals surface area contributed by atoms with Gasteiger partial charge in [0.25, 0.3) is 0 Å². The molecule has 0 aromatic carbocycles. The average Bonchev–Trinajstić information content (AvgIpc) is 2.65. The largest absolute Gasteiger partial charge is 0.405 e. The van der Waals surface area contributed by atoms with Crippen molar-refractivity contribution in [3.63, 3.8) is 0 Å². The quantitative estimate of drug-likeness (QED) is 0.141. The molecule has 0 radical (unpaired) electrons. The summed E-state index contributed by atoms with van der Waals surface area (Å²) in [7, 11) is 0.683. The van der Waals surface area contributed by atoms with Crippen LogP contribution in [-0.4, -0.2) is 45.3 Å². The van der Waals surface area contributed by atoms with Gasteiger partial charge in [0.05, 0.1) is 13.2 Å². The number of nitrogens with one attached hydrogen (secondary N) is 1.